The topological polar surface area (TPSA) is 94.1 Å². The molecule has 1 atom stereocenters. The van der Waals surface area contributed by atoms with Crippen molar-refractivity contribution in [2.75, 3.05) is 13.6 Å². The van der Waals surface area contributed by atoms with E-state index in [0.717, 1.165) is 36.6 Å². The number of fused-ring (bicyclic) bond motifs is 1. The summed E-state index contributed by atoms with van der Waals surface area (Å²) in [6, 6.07) is 4.65. The van der Waals surface area contributed by atoms with Crippen LogP contribution in [0.2, 0.25) is 5.02 Å². The van der Waals surface area contributed by atoms with E-state index in [1.54, 1.807) is 11.9 Å². The Morgan fingerprint density at radius 2 is 1.91 bits per heavy atom. The highest BCUT2D eigenvalue weighted by atomic mass is 35.5. The van der Waals surface area contributed by atoms with Gasteiger partial charge >= 0.3 is 6.18 Å². The van der Waals surface area contributed by atoms with E-state index >= 15 is 0 Å². The molecule has 6 nitrogen and oxygen atoms in total. The van der Waals surface area contributed by atoms with Crippen molar-refractivity contribution < 1.29 is 32.9 Å². The average Bonchev–Trinajstić information content (AvgIpc) is 3.06. The number of benzene rings is 2. The standard InChI is InChI=1S/C22H17ClF3NO5/c1-27-5-4-12(14(27)9-28)19-15(29)7-16(30)20-17(31)8-18(32-21(19)20)11-3-2-10(6-13(11)23)22(24,25)26/h2-3,6-9,12,28-30H,4-5H2,1H3/b14-9-/t12-/m1/s1. The maximum atomic E-state index is 13.0. The van der Waals surface area contributed by atoms with E-state index < -0.39 is 28.8 Å². The van der Waals surface area contributed by atoms with Crippen LogP contribution in [0.1, 0.15) is 23.5 Å². The summed E-state index contributed by atoms with van der Waals surface area (Å²) in [5, 5.41) is 30.0. The van der Waals surface area contributed by atoms with Gasteiger partial charge in [-0.15, -0.1) is 0 Å². The first-order valence-corrected chi connectivity index (χ1v) is 9.86. The molecule has 0 saturated carbocycles. The van der Waals surface area contributed by atoms with Gasteiger partial charge in [0.25, 0.3) is 0 Å². The molecule has 3 N–H and O–H groups in total. The van der Waals surface area contributed by atoms with E-state index in [4.69, 9.17) is 16.0 Å². The Balaban J connectivity index is 1.98. The Labute approximate surface area is 184 Å². The predicted octanol–water partition coefficient (Wildman–Crippen LogP) is 5.36. The molecule has 0 aliphatic carbocycles. The minimum absolute atomic E-state index is 0.0360. The van der Waals surface area contributed by atoms with E-state index in [0.29, 0.717) is 18.7 Å². The van der Waals surface area contributed by atoms with Crippen molar-refractivity contribution >= 4 is 22.6 Å². The molecule has 10 heteroatoms. The number of rotatable bonds is 2. The molecule has 0 bridgehead atoms. The summed E-state index contributed by atoms with van der Waals surface area (Å²) in [5.74, 6) is -1.54. The predicted molar refractivity (Wildman–Crippen MR) is 112 cm³/mol. The maximum absolute atomic E-state index is 13.0. The number of aliphatic hydroxyl groups is 1. The van der Waals surface area contributed by atoms with E-state index in [1.165, 1.54) is 0 Å². The Morgan fingerprint density at radius 3 is 2.53 bits per heavy atom. The van der Waals surface area contributed by atoms with Crippen molar-refractivity contribution in [3.8, 4) is 22.8 Å². The van der Waals surface area contributed by atoms with Gasteiger partial charge in [-0.25, -0.2) is 0 Å². The second kappa shape index (κ2) is 7.67. The van der Waals surface area contributed by atoms with Crippen molar-refractivity contribution in [2.45, 2.75) is 18.5 Å². The van der Waals surface area contributed by atoms with Gasteiger partial charge in [0.15, 0.2) is 5.43 Å². The van der Waals surface area contributed by atoms with Crippen molar-refractivity contribution in [1.82, 2.24) is 4.90 Å². The summed E-state index contributed by atoms with van der Waals surface area (Å²) in [5.41, 5.74) is -1.10. The lowest BCUT2D eigenvalue weighted by molar-refractivity contribution is -0.137. The number of hydrogen-bond donors (Lipinski definition) is 3. The fraction of sp³-hybridized carbons (Fsp3) is 0.227. The van der Waals surface area contributed by atoms with Crippen LogP contribution in [-0.4, -0.2) is 33.8 Å². The molecule has 4 rings (SSSR count). The quantitative estimate of drug-likeness (QED) is 0.439. The third kappa shape index (κ3) is 3.52. The number of allylic oxidation sites excluding steroid dienone is 1. The number of likely N-dealkylation sites (tertiary alicyclic amines) is 1. The van der Waals surface area contributed by atoms with Gasteiger partial charge < -0.3 is 24.6 Å². The molecule has 0 radical (unpaired) electrons. The minimum atomic E-state index is -4.60. The van der Waals surface area contributed by atoms with Crippen LogP contribution >= 0.6 is 11.6 Å². The lowest BCUT2D eigenvalue weighted by Gasteiger charge is -2.19. The molecule has 1 aliphatic rings. The number of phenols is 2. The molecule has 1 fully saturated rings. The van der Waals surface area contributed by atoms with Crippen molar-refractivity contribution in [1.29, 1.82) is 0 Å². The monoisotopic (exact) mass is 467 g/mol. The fourth-order valence-corrected chi connectivity index (χ4v) is 4.30. The first kappa shape index (κ1) is 21.9. The third-order valence-electron chi connectivity index (χ3n) is 5.59. The molecular formula is C22H17ClF3NO5. The van der Waals surface area contributed by atoms with Crippen molar-refractivity contribution in [2.24, 2.45) is 0 Å². The highest BCUT2D eigenvalue weighted by Gasteiger charge is 2.34. The molecule has 0 amide bonds. The van der Waals surface area contributed by atoms with Crippen molar-refractivity contribution in [3.05, 3.63) is 68.7 Å². The zero-order valence-corrected chi connectivity index (χ0v) is 17.3. The number of nitrogens with zero attached hydrogens (tertiary/aromatic N) is 1. The van der Waals surface area contributed by atoms with Gasteiger partial charge in [0, 0.05) is 42.8 Å². The number of halogens is 4. The Bertz CT molecular complexity index is 1320. The first-order chi connectivity index (χ1) is 15.0. The van der Waals surface area contributed by atoms with Crippen LogP contribution in [0.5, 0.6) is 11.5 Å². The third-order valence-corrected chi connectivity index (χ3v) is 5.90. The highest BCUT2D eigenvalue weighted by Crippen LogP contribution is 2.46. The van der Waals surface area contributed by atoms with E-state index in [9.17, 15) is 33.3 Å². The zero-order valence-electron chi connectivity index (χ0n) is 16.6. The highest BCUT2D eigenvalue weighted by molar-refractivity contribution is 6.33. The van der Waals surface area contributed by atoms with Crippen LogP contribution in [0.4, 0.5) is 13.2 Å². The van der Waals surface area contributed by atoms with Gasteiger partial charge in [0.1, 0.15) is 28.2 Å². The number of alkyl halides is 3. The largest absolute Gasteiger partial charge is 0.514 e. The van der Waals surface area contributed by atoms with Crippen molar-refractivity contribution in [3.63, 3.8) is 0 Å². The normalized spacial score (nSPS) is 18.1. The molecular weight excluding hydrogens is 451 g/mol. The molecule has 0 spiro atoms. The summed E-state index contributed by atoms with van der Waals surface area (Å²) < 4.78 is 44.8. The maximum Gasteiger partial charge on any atom is 0.416 e. The van der Waals surface area contributed by atoms with Gasteiger partial charge in [0.05, 0.1) is 22.5 Å². The minimum Gasteiger partial charge on any atom is -0.514 e. The van der Waals surface area contributed by atoms with E-state index in [2.05, 4.69) is 0 Å². The molecule has 0 unspecified atom stereocenters. The molecule has 32 heavy (non-hydrogen) atoms. The number of phenolic OH excluding ortho intramolecular Hbond substituents is 2. The zero-order chi connectivity index (χ0) is 23.4. The molecule has 3 aromatic rings. The molecule has 2 aromatic carbocycles. The van der Waals surface area contributed by atoms with Gasteiger partial charge in [-0.1, -0.05) is 11.6 Å². The summed E-state index contributed by atoms with van der Waals surface area (Å²) in [6.45, 7) is 0.549. The number of likely N-dealkylation sites (N-methyl/N-ethyl adjacent to an activating group) is 1. The smallest absolute Gasteiger partial charge is 0.416 e. The van der Waals surface area contributed by atoms with Crippen LogP contribution in [-0.2, 0) is 6.18 Å². The SMILES string of the molecule is CN1CC[C@@H](c2c(O)cc(O)c3c(=O)cc(-c4ccc(C(F)(F)F)cc4Cl)oc23)/C1=C/O. The molecule has 1 saturated heterocycles. The van der Waals surface area contributed by atoms with E-state index in [-0.39, 0.29) is 38.6 Å². The number of aromatic hydroxyl groups is 2. The molecule has 1 aliphatic heterocycles. The summed E-state index contributed by atoms with van der Waals surface area (Å²) in [4.78, 5) is 14.6. The van der Waals surface area contributed by atoms with Gasteiger partial charge in [0.2, 0.25) is 0 Å². The van der Waals surface area contributed by atoms with Gasteiger partial charge in [-0.2, -0.15) is 13.2 Å². The van der Waals surface area contributed by atoms with Crippen LogP contribution in [0, 0.1) is 0 Å². The Kier molecular flexibility index (Phi) is 5.24. The van der Waals surface area contributed by atoms with Gasteiger partial charge in [-0.3, -0.25) is 4.79 Å². The number of hydrogen-bond acceptors (Lipinski definition) is 6. The summed E-state index contributed by atoms with van der Waals surface area (Å²) in [6.07, 6.45) is -3.23. The number of aliphatic hydroxyl groups excluding tert-OH is 1. The average molecular weight is 468 g/mol. The lowest BCUT2D eigenvalue weighted by atomic mass is 9.92. The molecule has 1 aromatic heterocycles. The first-order valence-electron chi connectivity index (χ1n) is 9.48. The van der Waals surface area contributed by atoms with E-state index in [1.807, 2.05) is 0 Å². The fourth-order valence-electron chi connectivity index (χ4n) is 4.03. The van der Waals surface area contributed by atoms with Crippen LogP contribution in [0.25, 0.3) is 22.3 Å². The summed E-state index contributed by atoms with van der Waals surface area (Å²) >= 11 is 6.06. The molecule has 168 valence electrons. The second-order valence-electron chi connectivity index (χ2n) is 7.52. The van der Waals surface area contributed by atoms with Crippen LogP contribution in [0.3, 0.4) is 0 Å². The second-order valence-corrected chi connectivity index (χ2v) is 7.92. The van der Waals surface area contributed by atoms with Crippen LogP contribution < -0.4 is 5.43 Å². The summed E-state index contributed by atoms with van der Waals surface area (Å²) in [7, 11) is 1.74. The van der Waals surface area contributed by atoms with Crippen LogP contribution in [0.15, 0.2) is 51.5 Å². The Hall–Kier alpha value is -3.33. The van der Waals surface area contributed by atoms with Gasteiger partial charge in [-0.05, 0) is 24.6 Å². The lowest BCUT2D eigenvalue weighted by Crippen LogP contribution is -2.12. The molecule has 2 heterocycles. The Morgan fingerprint density at radius 1 is 1.19 bits per heavy atom.